The third-order valence-electron chi connectivity index (χ3n) is 2.43. The van der Waals surface area contributed by atoms with E-state index in [0.29, 0.717) is 10.7 Å². The number of esters is 1. The summed E-state index contributed by atoms with van der Waals surface area (Å²) < 4.78 is 4.88. The summed E-state index contributed by atoms with van der Waals surface area (Å²) >= 11 is 11.6. The molecule has 1 heterocycles. The van der Waals surface area contributed by atoms with Crippen molar-refractivity contribution in [3.63, 3.8) is 0 Å². The van der Waals surface area contributed by atoms with E-state index in [9.17, 15) is 9.59 Å². The molecule has 0 saturated carbocycles. The van der Waals surface area contributed by atoms with Crippen LogP contribution in [0.2, 0.25) is 10.2 Å². The zero-order chi connectivity index (χ0) is 15.2. The molecule has 1 N–H and O–H groups in total. The fourth-order valence-electron chi connectivity index (χ4n) is 1.50. The van der Waals surface area contributed by atoms with E-state index < -0.39 is 18.5 Å². The van der Waals surface area contributed by atoms with Crippen molar-refractivity contribution in [3.05, 3.63) is 58.3 Å². The molecule has 0 aliphatic rings. The number of aromatic nitrogens is 1. The van der Waals surface area contributed by atoms with Crippen molar-refractivity contribution >= 4 is 40.8 Å². The molecule has 0 spiro atoms. The van der Waals surface area contributed by atoms with Crippen molar-refractivity contribution in [2.24, 2.45) is 0 Å². The molecule has 1 amide bonds. The summed E-state index contributed by atoms with van der Waals surface area (Å²) in [5.74, 6) is -1.15. The lowest BCUT2D eigenvalue weighted by molar-refractivity contribution is -0.119. The number of anilines is 1. The van der Waals surface area contributed by atoms with Crippen LogP contribution in [0.4, 0.5) is 5.69 Å². The molecule has 7 heteroatoms. The van der Waals surface area contributed by atoms with Crippen LogP contribution in [0.3, 0.4) is 0 Å². The number of nitrogens with zero attached hydrogens (tertiary/aromatic N) is 1. The van der Waals surface area contributed by atoms with E-state index in [0.717, 1.165) is 0 Å². The summed E-state index contributed by atoms with van der Waals surface area (Å²) in [5.41, 5.74) is 0.623. The van der Waals surface area contributed by atoms with Crippen LogP contribution in [0, 0.1) is 0 Å². The Hall–Kier alpha value is -2.11. The monoisotopic (exact) mass is 324 g/mol. The average molecular weight is 325 g/mol. The van der Waals surface area contributed by atoms with Gasteiger partial charge in [-0.25, -0.2) is 9.78 Å². The van der Waals surface area contributed by atoms with Crippen LogP contribution in [-0.2, 0) is 9.53 Å². The van der Waals surface area contributed by atoms with Crippen LogP contribution in [0.15, 0.2) is 42.6 Å². The van der Waals surface area contributed by atoms with E-state index in [1.54, 1.807) is 30.3 Å². The van der Waals surface area contributed by atoms with Crippen molar-refractivity contribution in [3.8, 4) is 0 Å². The Bertz CT molecular complexity index is 677. The zero-order valence-corrected chi connectivity index (χ0v) is 12.2. The molecule has 0 radical (unpaired) electrons. The maximum atomic E-state index is 11.7. The summed E-state index contributed by atoms with van der Waals surface area (Å²) in [4.78, 5) is 27.2. The SMILES string of the molecule is O=C(COC(=O)c1cccc(Cl)c1)Nc1cccnc1Cl. The van der Waals surface area contributed by atoms with Gasteiger partial charge in [-0.2, -0.15) is 0 Å². The Kier molecular flexibility index (Phi) is 5.14. The predicted octanol–water partition coefficient (Wildman–Crippen LogP) is 3.18. The number of rotatable bonds is 4. The Morgan fingerprint density at radius 1 is 1.19 bits per heavy atom. The number of hydrogen-bond donors (Lipinski definition) is 1. The Morgan fingerprint density at radius 2 is 2.00 bits per heavy atom. The van der Waals surface area contributed by atoms with Gasteiger partial charge in [0.25, 0.3) is 5.91 Å². The highest BCUT2D eigenvalue weighted by molar-refractivity contribution is 6.32. The number of amides is 1. The predicted molar refractivity (Wildman–Crippen MR) is 79.6 cm³/mol. The number of pyridine rings is 1. The molecule has 0 fully saturated rings. The molecule has 0 aliphatic carbocycles. The lowest BCUT2D eigenvalue weighted by atomic mass is 10.2. The van der Waals surface area contributed by atoms with Crippen LogP contribution >= 0.6 is 23.2 Å². The highest BCUT2D eigenvalue weighted by Gasteiger charge is 2.11. The minimum absolute atomic E-state index is 0.159. The lowest BCUT2D eigenvalue weighted by Gasteiger charge is -2.07. The van der Waals surface area contributed by atoms with Gasteiger partial charge in [0.1, 0.15) is 0 Å². The van der Waals surface area contributed by atoms with Gasteiger partial charge in [-0.15, -0.1) is 0 Å². The maximum absolute atomic E-state index is 11.7. The van der Waals surface area contributed by atoms with E-state index >= 15 is 0 Å². The molecule has 0 bridgehead atoms. The summed E-state index contributed by atoms with van der Waals surface area (Å²) in [5, 5.41) is 3.06. The van der Waals surface area contributed by atoms with Crippen molar-refractivity contribution in [2.75, 3.05) is 11.9 Å². The van der Waals surface area contributed by atoms with Crippen molar-refractivity contribution < 1.29 is 14.3 Å². The van der Waals surface area contributed by atoms with Crippen LogP contribution < -0.4 is 5.32 Å². The first kappa shape index (κ1) is 15.3. The molecule has 1 aromatic carbocycles. The fraction of sp³-hybridized carbons (Fsp3) is 0.0714. The third-order valence-corrected chi connectivity index (χ3v) is 2.96. The topological polar surface area (TPSA) is 68.3 Å². The Morgan fingerprint density at radius 3 is 2.71 bits per heavy atom. The number of carbonyl (C=O) groups is 2. The standard InChI is InChI=1S/C14H10Cl2N2O3/c15-10-4-1-3-9(7-10)14(20)21-8-12(19)18-11-5-2-6-17-13(11)16/h1-7H,8H2,(H,18,19). The van der Waals surface area contributed by atoms with Gasteiger partial charge in [0, 0.05) is 11.2 Å². The van der Waals surface area contributed by atoms with Gasteiger partial charge in [-0.05, 0) is 30.3 Å². The van der Waals surface area contributed by atoms with E-state index in [4.69, 9.17) is 27.9 Å². The molecular formula is C14H10Cl2N2O3. The first-order valence-electron chi connectivity index (χ1n) is 5.89. The Balaban J connectivity index is 1.90. The molecule has 1 aromatic heterocycles. The van der Waals surface area contributed by atoms with Gasteiger partial charge in [0.05, 0.1) is 11.3 Å². The van der Waals surface area contributed by atoms with E-state index in [2.05, 4.69) is 10.3 Å². The number of benzene rings is 1. The molecule has 21 heavy (non-hydrogen) atoms. The van der Waals surface area contributed by atoms with Gasteiger partial charge in [-0.1, -0.05) is 29.3 Å². The fourth-order valence-corrected chi connectivity index (χ4v) is 1.85. The number of ether oxygens (including phenoxy) is 1. The van der Waals surface area contributed by atoms with E-state index in [1.807, 2.05) is 0 Å². The number of hydrogen-bond acceptors (Lipinski definition) is 4. The first-order chi connectivity index (χ1) is 10.1. The molecule has 108 valence electrons. The van der Waals surface area contributed by atoms with Crippen molar-refractivity contribution in [2.45, 2.75) is 0 Å². The minimum atomic E-state index is -0.634. The highest BCUT2D eigenvalue weighted by Crippen LogP contribution is 2.17. The molecule has 0 unspecified atom stereocenters. The zero-order valence-electron chi connectivity index (χ0n) is 10.7. The highest BCUT2D eigenvalue weighted by atomic mass is 35.5. The third kappa shape index (κ3) is 4.44. The summed E-state index contributed by atoms with van der Waals surface area (Å²) in [6.45, 7) is -0.434. The first-order valence-corrected chi connectivity index (χ1v) is 6.65. The number of halogens is 2. The van der Waals surface area contributed by atoms with Gasteiger partial charge in [-0.3, -0.25) is 4.79 Å². The van der Waals surface area contributed by atoms with E-state index in [1.165, 1.54) is 12.3 Å². The van der Waals surface area contributed by atoms with Gasteiger partial charge in [0.15, 0.2) is 11.8 Å². The molecule has 2 aromatic rings. The van der Waals surface area contributed by atoms with Crippen LogP contribution in [-0.4, -0.2) is 23.5 Å². The molecule has 2 rings (SSSR count). The molecular weight excluding hydrogens is 315 g/mol. The largest absolute Gasteiger partial charge is 0.452 e. The van der Waals surface area contributed by atoms with Crippen molar-refractivity contribution in [1.29, 1.82) is 0 Å². The van der Waals surface area contributed by atoms with Gasteiger partial charge >= 0.3 is 5.97 Å². The average Bonchev–Trinajstić information content (AvgIpc) is 2.47. The summed E-state index contributed by atoms with van der Waals surface area (Å²) in [7, 11) is 0. The molecule has 5 nitrogen and oxygen atoms in total. The second kappa shape index (κ2) is 7.06. The van der Waals surface area contributed by atoms with Crippen molar-refractivity contribution in [1.82, 2.24) is 4.98 Å². The van der Waals surface area contributed by atoms with E-state index in [-0.39, 0.29) is 10.7 Å². The van der Waals surface area contributed by atoms with Crippen LogP contribution in [0.25, 0.3) is 0 Å². The summed E-state index contributed by atoms with van der Waals surface area (Å²) in [6, 6.07) is 9.47. The normalized spacial score (nSPS) is 10.0. The smallest absolute Gasteiger partial charge is 0.338 e. The van der Waals surface area contributed by atoms with Crippen LogP contribution in [0.5, 0.6) is 0 Å². The molecule has 0 saturated heterocycles. The summed E-state index contributed by atoms with van der Waals surface area (Å²) in [6.07, 6.45) is 1.50. The molecule has 0 atom stereocenters. The van der Waals surface area contributed by atoms with Crippen LogP contribution in [0.1, 0.15) is 10.4 Å². The lowest BCUT2D eigenvalue weighted by Crippen LogP contribution is -2.21. The number of carbonyl (C=O) groups excluding carboxylic acids is 2. The maximum Gasteiger partial charge on any atom is 0.338 e. The Labute approximate surface area is 130 Å². The molecule has 0 aliphatic heterocycles. The second-order valence-corrected chi connectivity index (χ2v) is 4.77. The number of nitrogens with one attached hydrogen (secondary N) is 1. The minimum Gasteiger partial charge on any atom is -0.452 e. The van der Waals surface area contributed by atoms with Gasteiger partial charge in [0.2, 0.25) is 0 Å². The quantitative estimate of drug-likeness (QED) is 0.692. The van der Waals surface area contributed by atoms with Gasteiger partial charge < -0.3 is 10.1 Å². The second-order valence-electron chi connectivity index (χ2n) is 3.98.